The molecule has 0 aliphatic carbocycles. The zero-order valence-corrected chi connectivity index (χ0v) is 16.5. The molecule has 0 saturated carbocycles. The molecule has 8 heteroatoms. The Hall–Kier alpha value is -1.48. The highest BCUT2D eigenvalue weighted by atomic mass is 32.2. The molecule has 1 aliphatic heterocycles. The van der Waals surface area contributed by atoms with Crippen molar-refractivity contribution >= 4 is 15.9 Å². The molecule has 146 valence electrons. The molecule has 26 heavy (non-hydrogen) atoms. The van der Waals surface area contributed by atoms with Gasteiger partial charge in [-0.15, -0.1) is 0 Å². The zero-order valence-electron chi connectivity index (χ0n) is 15.7. The van der Waals surface area contributed by atoms with Crippen LogP contribution < -0.4 is 15.4 Å². The predicted molar refractivity (Wildman–Crippen MR) is 101 cm³/mol. The van der Waals surface area contributed by atoms with Gasteiger partial charge in [-0.25, -0.2) is 13.1 Å². The Morgan fingerprint density at radius 2 is 2.00 bits per heavy atom. The van der Waals surface area contributed by atoms with E-state index >= 15 is 0 Å². The second-order valence-corrected chi connectivity index (χ2v) is 8.88. The van der Waals surface area contributed by atoms with Gasteiger partial charge in [-0.05, 0) is 56.0 Å². The van der Waals surface area contributed by atoms with Crippen molar-refractivity contribution in [2.24, 2.45) is 5.41 Å². The summed E-state index contributed by atoms with van der Waals surface area (Å²) in [6.45, 7) is 6.92. The Labute approximate surface area is 155 Å². The van der Waals surface area contributed by atoms with Crippen LogP contribution >= 0.6 is 0 Å². The van der Waals surface area contributed by atoms with E-state index in [1.807, 2.05) is 0 Å². The third-order valence-electron chi connectivity index (χ3n) is 4.85. The summed E-state index contributed by atoms with van der Waals surface area (Å²) in [5.74, 6) is -0.240. The normalized spacial score (nSPS) is 17.0. The molecule has 0 bridgehead atoms. The van der Waals surface area contributed by atoms with Crippen LogP contribution in [0.15, 0.2) is 23.1 Å². The van der Waals surface area contributed by atoms with Crippen molar-refractivity contribution < 1.29 is 17.9 Å². The molecule has 1 fully saturated rings. The van der Waals surface area contributed by atoms with E-state index in [9.17, 15) is 13.2 Å². The number of methoxy groups -OCH3 is 1. The lowest BCUT2D eigenvalue weighted by Gasteiger charge is -2.34. The molecular formula is C18H29N3O4S. The smallest absolute Gasteiger partial charge is 0.251 e. The molecule has 2 rings (SSSR count). The number of hydrogen-bond donors (Lipinski definition) is 3. The zero-order chi connectivity index (χ0) is 19.2. The van der Waals surface area contributed by atoms with Crippen molar-refractivity contribution in [3.8, 4) is 0 Å². The summed E-state index contributed by atoms with van der Waals surface area (Å²) in [4.78, 5) is 12.7. The van der Waals surface area contributed by atoms with Gasteiger partial charge >= 0.3 is 0 Å². The standard InChI is InChI=1S/C18H29N3O4S/c1-14-4-5-15(26(23,24)21-10-11-25-3)12-16(14)17(22)20-13-18(2)6-8-19-9-7-18/h4-5,12,19,21H,6-11,13H2,1-3H3,(H,20,22). The highest BCUT2D eigenvalue weighted by Crippen LogP contribution is 2.27. The lowest BCUT2D eigenvalue weighted by atomic mass is 9.81. The van der Waals surface area contributed by atoms with Gasteiger partial charge in [0.05, 0.1) is 11.5 Å². The third-order valence-corrected chi connectivity index (χ3v) is 6.31. The van der Waals surface area contributed by atoms with E-state index in [-0.39, 0.29) is 29.4 Å². The van der Waals surface area contributed by atoms with Gasteiger partial charge in [0.1, 0.15) is 0 Å². The summed E-state index contributed by atoms with van der Waals surface area (Å²) < 4.78 is 32.0. The Bertz CT molecular complexity index is 728. The fourth-order valence-corrected chi connectivity index (χ4v) is 4.01. The Morgan fingerprint density at radius 1 is 1.31 bits per heavy atom. The van der Waals surface area contributed by atoms with E-state index in [1.165, 1.54) is 19.2 Å². The SMILES string of the molecule is COCCNS(=O)(=O)c1ccc(C)c(C(=O)NCC2(C)CCNCC2)c1. The highest BCUT2D eigenvalue weighted by molar-refractivity contribution is 7.89. The summed E-state index contributed by atoms with van der Waals surface area (Å²) in [7, 11) is -2.17. The van der Waals surface area contributed by atoms with Gasteiger partial charge in [-0.1, -0.05) is 13.0 Å². The Balaban J connectivity index is 2.09. The maximum absolute atomic E-state index is 12.6. The quantitative estimate of drug-likeness (QED) is 0.583. The molecule has 0 aromatic heterocycles. The lowest BCUT2D eigenvalue weighted by molar-refractivity contribution is 0.0921. The molecule has 1 heterocycles. The Kier molecular flexibility index (Phi) is 7.16. The molecule has 1 saturated heterocycles. The van der Waals surface area contributed by atoms with E-state index in [0.29, 0.717) is 12.1 Å². The van der Waals surface area contributed by atoms with Crippen molar-refractivity contribution in [3.63, 3.8) is 0 Å². The first-order chi connectivity index (χ1) is 12.3. The van der Waals surface area contributed by atoms with Crippen molar-refractivity contribution in [3.05, 3.63) is 29.3 Å². The van der Waals surface area contributed by atoms with E-state index < -0.39 is 10.0 Å². The van der Waals surface area contributed by atoms with Crippen LogP contribution in [0.3, 0.4) is 0 Å². The molecule has 1 aromatic rings. The van der Waals surface area contributed by atoms with Crippen LogP contribution in [0.1, 0.15) is 35.7 Å². The summed E-state index contributed by atoms with van der Waals surface area (Å²) in [5, 5.41) is 6.30. The third kappa shape index (κ3) is 5.51. The van der Waals surface area contributed by atoms with Gasteiger partial charge in [-0.2, -0.15) is 0 Å². The number of aryl methyl sites for hydroxylation is 1. The van der Waals surface area contributed by atoms with E-state index in [1.54, 1.807) is 13.0 Å². The monoisotopic (exact) mass is 383 g/mol. The number of benzene rings is 1. The summed E-state index contributed by atoms with van der Waals surface area (Å²) in [6.07, 6.45) is 2.01. The van der Waals surface area contributed by atoms with Crippen LogP contribution in [-0.2, 0) is 14.8 Å². The number of sulfonamides is 1. The van der Waals surface area contributed by atoms with Crippen LogP contribution in [0.4, 0.5) is 0 Å². The summed E-state index contributed by atoms with van der Waals surface area (Å²) >= 11 is 0. The number of carbonyl (C=O) groups is 1. The number of carbonyl (C=O) groups excluding carboxylic acids is 1. The first-order valence-corrected chi connectivity index (χ1v) is 10.3. The van der Waals surface area contributed by atoms with Crippen LogP contribution in [0.25, 0.3) is 0 Å². The van der Waals surface area contributed by atoms with Crippen LogP contribution in [-0.4, -0.2) is 54.2 Å². The maximum Gasteiger partial charge on any atom is 0.251 e. The van der Waals surface area contributed by atoms with Crippen molar-refractivity contribution in [1.29, 1.82) is 0 Å². The molecule has 0 atom stereocenters. The Morgan fingerprint density at radius 3 is 2.65 bits per heavy atom. The molecule has 0 radical (unpaired) electrons. The highest BCUT2D eigenvalue weighted by Gasteiger charge is 2.27. The van der Waals surface area contributed by atoms with Gasteiger partial charge in [0.25, 0.3) is 5.91 Å². The van der Waals surface area contributed by atoms with Crippen molar-refractivity contribution in [2.75, 3.05) is 39.9 Å². The summed E-state index contributed by atoms with van der Waals surface area (Å²) in [6, 6.07) is 4.60. The fourth-order valence-electron chi connectivity index (χ4n) is 2.97. The first-order valence-electron chi connectivity index (χ1n) is 8.86. The predicted octanol–water partition coefficient (Wildman–Crippen LogP) is 1.04. The van der Waals surface area contributed by atoms with Gasteiger partial charge in [0, 0.05) is 25.8 Å². The van der Waals surface area contributed by atoms with Crippen LogP contribution in [0, 0.1) is 12.3 Å². The average Bonchev–Trinajstić information content (AvgIpc) is 2.61. The van der Waals surface area contributed by atoms with Gasteiger partial charge < -0.3 is 15.4 Å². The molecule has 7 nitrogen and oxygen atoms in total. The number of amides is 1. The first kappa shape index (κ1) is 20.8. The minimum Gasteiger partial charge on any atom is -0.383 e. The number of hydrogen-bond acceptors (Lipinski definition) is 5. The van der Waals surface area contributed by atoms with Crippen LogP contribution in [0.2, 0.25) is 0 Å². The van der Waals surface area contributed by atoms with Gasteiger partial charge in [0.2, 0.25) is 10.0 Å². The topological polar surface area (TPSA) is 96.5 Å². The largest absolute Gasteiger partial charge is 0.383 e. The van der Waals surface area contributed by atoms with Crippen LogP contribution in [0.5, 0.6) is 0 Å². The lowest BCUT2D eigenvalue weighted by Crippen LogP contribution is -2.43. The maximum atomic E-state index is 12.6. The van der Waals surface area contributed by atoms with E-state index in [4.69, 9.17) is 4.74 Å². The molecule has 3 N–H and O–H groups in total. The fraction of sp³-hybridized carbons (Fsp3) is 0.611. The van der Waals surface area contributed by atoms with Crippen molar-refractivity contribution in [1.82, 2.24) is 15.4 Å². The minimum absolute atomic E-state index is 0.0697. The minimum atomic E-state index is -3.67. The second-order valence-electron chi connectivity index (χ2n) is 7.11. The molecule has 1 aromatic carbocycles. The number of piperidine rings is 1. The molecule has 1 aliphatic rings. The van der Waals surface area contributed by atoms with E-state index in [2.05, 4.69) is 22.3 Å². The number of ether oxygens (including phenoxy) is 1. The average molecular weight is 384 g/mol. The molecule has 0 unspecified atom stereocenters. The molecular weight excluding hydrogens is 354 g/mol. The summed E-state index contributed by atoms with van der Waals surface area (Å²) in [5.41, 5.74) is 1.20. The van der Waals surface area contributed by atoms with Gasteiger partial charge in [0.15, 0.2) is 0 Å². The van der Waals surface area contributed by atoms with Crippen molar-refractivity contribution in [2.45, 2.75) is 31.6 Å². The number of rotatable bonds is 8. The second kappa shape index (κ2) is 8.94. The van der Waals surface area contributed by atoms with E-state index in [0.717, 1.165) is 31.5 Å². The molecule has 0 spiro atoms. The van der Waals surface area contributed by atoms with Gasteiger partial charge in [-0.3, -0.25) is 4.79 Å². The number of nitrogens with one attached hydrogen (secondary N) is 3. The molecule has 1 amide bonds.